The number of fused-ring (bicyclic) bond motifs is 1. The highest BCUT2D eigenvalue weighted by Gasteiger charge is 2.05. The summed E-state index contributed by atoms with van der Waals surface area (Å²) in [5, 5.41) is 8.87. The molecule has 0 unspecified atom stereocenters. The summed E-state index contributed by atoms with van der Waals surface area (Å²) < 4.78 is 5.44. The standard InChI is InChI=1S/C16H13NO3/c1-10-17-14-9-12(4-7-15(14)20-10)8-11-2-5-13(6-3-11)16(18)19/h2-7,9H,8H2,1H3,(H,18,19). The van der Waals surface area contributed by atoms with E-state index in [-0.39, 0.29) is 0 Å². The number of hydrogen-bond acceptors (Lipinski definition) is 3. The molecule has 2 aromatic carbocycles. The summed E-state index contributed by atoms with van der Waals surface area (Å²) in [6, 6.07) is 12.8. The molecule has 0 aliphatic heterocycles. The van der Waals surface area contributed by atoms with Crippen LogP contribution in [-0.2, 0) is 6.42 Å². The molecule has 3 aromatic rings. The van der Waals surface area contributed by atoms with Crippen LogP contribution in [0.1, 0.15) is 27.4 Å². The van der Waals surface area contributed by atoms with E-state index < -0.39 is 5.97 Å². The maximum absolute atomic E-state index is 10.8. The summed E-state index contributed by atoms with van der Waals surface area (Å²) in [6.07, 6.45) is 0.738. The maximum atomic E-state index is 10.8. The molecule has 1 heterocycles. The maximum Gasteiger partial charge on any atom is 0.335 e. The number of nitrogens with zero attached hydrogens (tertiary/aromatic N) is 1. The number of oxazole rings is 1. The highest BCUT2D eigenvalue weighted by Crippen LogP contribution is 2.19. The molecule has 0 spiro atoms. The van der Waals surface area contributed by atoms with Gasteiger partial charge in [0.2, 0.25) is 0 Å². The third-order valence-corrected chi connectivity index (χ3v) is 3.17. The minimum absolute atomic E-state index is 0.302. The molecule has 0 fully saturated rings. The molecule has 0 amide bonds. The smallest absolute Gasteiger partial charge is 0.335 e. The number of aromatic carboxylic acids is 1. The van der Waals surface area contributed by atoms with Crippen LogP contribution >= 0.6 is 0 Å². The van der Waals surface area contributed by atoms with E-state index in [1.165, 1.54) is 0 Å². The summed E-state index contributed by atoms with van der Waals surface area (Å²) in [5.41, 5.74) is 4.12. The zero-order chi connectivity index (χ0) is 14.1. The molecule has 0 atom stereocenters. The number of aromatic nitrogens is 1. The van der Waals surface area contributed by atoms with Crippen molar-refractivity contribution in [3.05, 3.63) is 65.0 Å². The van der Waals surface area contributed by atoms with Gasteiger partial charge in [0, 0.05) is 6.92 Å². The van der Waals surface area contributed by atoms with Crippen molar-refractivity contribution in [1.82, 2.24) is 4.98 Å². The zero-order valence-corrected chi connectivity index (χ0v) is 11.0. The Morgan fingerprint density at radius 1 is 1.15 bits per heavy atom. The number of benzene rings is 2. The monoisotopic (exact) mass is 267 g/mol. The first kappa shape index (κ1) is 12.4. The number of hydrogen-bond donors (Lipinski definition) is 1. The first-order valence-electron chi connectivity index (χ1n) is 6.30. The second-order valence-corrected chi connectivity index (χ2v) is 4.71. The molecule has 100 valence electrons. The van der Waals surface area contributed by atoms with Gasteiger partial charge in [0.15, 0.2) is 11.5 Å². The second-order valence-electron chi connectivity index (χ2n) is 4.71. The minimum Gasteiger partial charge on any atom is -0.478 e. The fourth-order valence-corrected chi connectivity index (χ4v) is 2.20. The van der Waals surface area contributed by atoms with Gasteiger partial charge in [-0.05, 0) is 41.8 Å². The van der Waals surface area contributed by atoms with Crippen molar-refractivity contribution in [3.63, 3.8) is 0 Å². The first-order valence-corrected chi connectivity index (χ1v) is 6.30. The van der Waals surface area contributed by atoms with Crippen LogP contribution in [0.2, 0.25) is 0 Å². The lowest BCUT2D eigenvalue weighted by Crippen LogP contribution is -1.96. The molecule has 0 aliphatic rings. The van der Waals surface area contributed by atoms with E-state index in [1.54, 1.807) is 12.1 Å². The Balaban J connectivity index is 1.86. The van der Waals surface area contributed by atoms with Crippen LogP contribution in [0.25, 0.3) is 11.1 Å². The van der Waals surface area contributed by atoms with Crippen molar-refractivity contribution in [1.29, 1.82) is 0 Å². The lowest BCUT2D eigenvalue weighted by Gasteiger charge is -2.02. The molecule has 1 N–H and O–H groups in total. The summed E-state index contributed by atoms with van der Waals surface area (Å²) in [6.45, 7) is 1.82. The number of rotatable bonds is 3. The molecule has 1 aromatic heterocycles. The highest BCUT2D eigenvalue weighted by molar-refractivity contribution is 5.87. The van der Waals surface area contributed by atoms with Crippen molar-refractivity contribution >= 4 is 17.1 Å². The van der Waals surface area contributed by atoms with Gasteiger partial charge in [0.25, 0.3) is 0 Å². The molecular weight excluding hydrogens is 254 g/mol. The van der Waals surface area contributed by atoms with Gasteiger partial charge in [0.1, 0.15) is 5.52 Å². The van der Waals surface area contributed by atoms with Crippen LogP contribution in [0.15, 0.2) is 46.9 Å². The van der Waals surface area contributed by atoms with E-state index in [0.717, 1.165) is 28.6 Å². The van der Waals surface area contributed by atoms with Crippen molar-refractivity contribution in [2.24, 2.45) is 0 Å². The van der Waals surface area contributed by atoms with Crippen LogP contribution in [0, 0.1) is 6.92 Å². The summed E-state index contributed by atoms with van der Waals surface area (Å²) in [7, 11) is 0. The Morgan fingerprint density at radius 2 is 1.85 bits per heavy atom. The normalized spacial score (nSPS) is 10.8. The van der Waals surface area contributed by atoms with Crippen molar-refractivity contribution in [2.45, 2.75) is 13.3 Å². The highest BCUT2D eigenvalue weighted by atomic mass is 16.4. The Bertz CT molecular complexity index is 772. The van der Waals surface area contributed by atoms with Crippen LogP contribution in [-0.4, -0.2) is 16.1 Å². The lowest BCUT2D eigenvalue weighted by molar-refractivity contribution is 0.0697. The van der Waals surface area contributed by atoms with Crippen LogP contribution in [0.5, 0.6) is 0 Å². The molecule has 0 radical (unpaired) electrons. The van der Waals surface area contributed by atoms with Gasteiger partial charge in [0.05, 0.1) is 5.56 Å². The number of carboxylic acid groups (broad SMARTS) is 1. The van der Waals surface area contributed by atoms with Gasteiger partial charge in [-0.3, -0.25) is 0 Å². The van der Waals surface area contributed by atoms with E-state index in [1.807, 2.05) is 37.3 Å². The number of aryl methyl sites for hydroxylation is 1. The van der Waals surface area contributed by atoms with Gasteiger partial charge < -0.3 is 9.52 Å². The average Bonchev–Trinajstić information content (AvgIpc) is 2.78. The van der Waals surface area contributed by atoms with E-state index in [0.29, 0.717) is 11.5 Å². The van der Waals surface area contributed by atoms with Gasteiger partial charge in [-0.25, -0.2) is 9.78 Å². The summed E-state index contributed by atoms with van der Waals surface area (Å²) in [4.78, 5) is 15.1. The molecule has 20 heavy (non-hydrogen) atoms. The minimum atomic E-state index is -0.906. The van der Waals surface area contributed by atoms with E-state index >= 15 is 0 Å². The van der Waals surface area contributed by atoms with Gasteiger partial charge in [-0.2, -0.15) is 0 Å². The molecule has 4 heteroatoms. The van der Waals surface area contributed by atoms with Crippen LogP contribution in [0.4, 0.5) is 0 Å². The molecule has 0 bridgehead atoms. The zero-order valence-electron chi connectivity index (χ0n) is 11.0. The number of carbonyl (C=O) groups is 1. The Kier molecular flexibility index (Phi) is 2.99. The summed E-state index contributed by atoms with van der Waals surface area (Å²) >= 11 is 0. The van der Waals surface area contributed by atoms with E-state index in [4.69, 9.17) is 9.52 Å². The van der Waals surface area contributed by atoms with Crippen molar-refractivity contribution < 1.29 is 14.3 Å². The van der Waals surface area contributed by atoms with Gasteiger partial charge >= 0.3 is 5.97 Å². The molecule has 0 saturated heterocycles. The Labute approximate surface area is 115 Å². The lowest BCUT2D eigenvalue weighted by atomic mass is 10.0. The third-order valence-electron chi connectivity index (χ3n) is 3.17. The Morgan fingerprint density at radius 3 is 2.55 bits per heavy atom. The van der Waals surface area contributed by atoms with E-state index in [9.17, 15) is 4.79 Å². The first-order chi connectivity index (χ1) is 9.61. The summed E-state index contributed by atoms with van der Waals surface area (Å²) in [5.74, 6) is -0.251. The molecule has 4 nitrogen and oxygen atoms in total. The van der Waals surface area contributed by atoms with Crippen LogP contribution in [0.3, 0.4) is 0 Å². The molecular formula is C16H13NO3. The van der Waals surface area contributed by atoms with Gasteiger partial charge in [-0.15, -0.1) is 0 Å². The fraction of sp³-hybridized carbons (Fsp3) is 0.125. The molecule has 0 saturated carbocycles. The van der Waals surface area contributed by atoms with Crippen molar-refractivity contribution in [2.75, 3.05) is 0 Å². The average molecular weight is 267 g/mol. The fourth-order valence-electron chi connectivity index (χ4n) is 2.20. The quantitative estimate of drug-likeness (QED) is 0.789. The number of carboxylic acids is 1. The third kappa shape index (κ3) is 2.40. The molecule has 3 rings (SSSR count). The van der Waals surface area contributed by atoms with Crippen molar-refractivity contribution in [3.8, 4) is 0 Å². The SMILES string of the molecule is Cc1nc2cc(Cc3ccc(C(=O)O)cc3)ccc2o1. The predicted molar refractivity (Wildman–Crippen MR) is 75.0 cm³/mol. The Hall–Kier alpha value is -2.62. The largest absolute Gasteiger partial charge is 0.478 e. The van der Waals surface area contributed by atoms with Crippen LogP contribution < -0.4 is 0 Å². The van der Waals surface area contributed by atoms with Gasteiger partial charge in [-0.1, -0.05) is 18.2 Å². The second kappa shape index (κ2) is 4.81. The molecule has 0 aliphatic carbocycles. The predicted octanol–water partition coefficient (Wildman–Crippen LogP) is 3.43. The topological polar surface area (TPSA) is 63.3 Å². The van der Waals surface area contributed by atoms with E-state index in [2.05, 4.69) is 4.98 Å².